The fourth-order valence-corrected chi connectivity index (χ4v) is 1.44. The van der Waals surface area contributed by atoms with Crippen LogP contribution < -0.4 is 10.2 Å². The van der Waals surface area contributed by atoms with Gasteiger partial charge in [-0.3, -0.25) is 15.5 Å². The Kier molecular flexibility index (Phi) is 4.17. The molecule has 1 N–H and O–H groups in total. The van der Waals surface area contributed by atoms with E-state index in [-0.39, 0.29) is 5.69 Å². The molecule has 0 atom stereocenters. The molecule has 102 valence electrons. The van der Waals surface area contributed by atoms with Gasteiger partial charge in [-0.2, -0.15) is 5.10 Å². The van der Waals surface area contributed by atoms with Crippen LogP contribution in [0.4, 0.5) is 11.5 Å². The largest absolute Gasteiger partial charge is 0.481 e. The van der Waals surface area contributed by atoms with Gasteiger partial charge in [0.05, 0.1) is 23.8 Å². The number of ether oxygens (including phenoxy) is 1. The molecule has 0 unspecified atom stereocenters. The third-order valence-electron chi connectivity index (χ3n) is 2.37. The summed E-state index contributed by atoms with van der Waals surface area (Å²) in [4.78, 5) is 18.1. The highest BCUT2D eigenvalue weighted by Crippen LogP contribution is 2.15. The van der Waals surface area contributed by atoms with Gasteiger partial charge in [0.25, 0.3) is 5.69 Å². The minimum absolute atomic E-state index is 0.0154. The SMILES string of the molecule is COc1cc(N/N=C\c2ccccc2[N+](=O)[O-])ncn1. The molecule has 2 rings (SSSR count). The van der Waals surface area contributed by atoms with Crippen LogP contribution >= 0.6 is 0 Å². The molecule has 0 spiro atoms. The molecule has 1 heterocycles. The van der Waals surface area contributed by atoms with Crippen LogP contribution in [0.2, 0.25) is 0 Å². The first-order valence-electron chi connectivity index (χ1n) is 5.59. The zero-order chi connectivity index (χ0) is 14.4. The van der Waals surface area contributed by atoms with E-state index in [9.17, 15) is 10.1 Å². The van der Waals surface area contributed by atoms with Gasteiger partial charge in [-0.25, -0.2) is 9.97 Å². The highest BCUT2D eigenvalue weighted by atomic mass is 16.6. The van der Waals surface area contributed by atoms with Crippen LogP contribution in [0.1, 0.15) is 5.56 Å². The molecule has 0 saturated carbocycles. The summed E-state index contributed by atoms with van der Waals surface area (Å²) in [6.45, 7) is 0. The van der Waals surface area contributed by atoms with Crippen LogP contribution in [-0.2, 0) is 0 Å². The number of methoxy groups -OCH3 is 1. The summed E-state index contributed by atoms with van der Waals surface area (Å²) < 4.78 is 4.94. The molecule has 0 aliphatic rings. The molecule has 0 fully saturated rings. The van der Waals surface area contributed by atoms with Crippen molar-refractivity contribution in [3.05, 3.63) is 52.3 Å². The summed E-state index contributed by atoms with van der Waals surface area (Å²) in [5.74, 6) is 0.815. The Morgan fingerprint density at radius 2 is 2.20 bits per heavy atom. The van der Waals surface area contributed by atoms with E-state index in [1.807, 2.05) is 0 Å². The Labute approximate surface area is 114 Å². The molecular formula is C12H11N5O3. The Bertz CT molecular complexity index is 644. The lowest BCUT2D eigenvalue weighted by Gasteiger charge is -2.01. The molecule has 0 radical (unpaired) electrons. The van der Waals surface area contributed by atoms with Crippen LogP contribution in [0.25, 0.3) is 0 Å². The Hall–Kier alpha value is -3.03. The first kappa shape index (κ1) is 13.4. The quantitative estimate of drug-likeness (QED) is 0.506. The lowest BCUT2D eigenvalue weighted by molar-refractivity contribution is -0.385. The van der Waals surface area contributed by atoms with E-state index in [0.29, 0.717) is 17.3 Å². The predicted molar refractivity (Wildman–Crippen MR) is 72.9 cm³/mol. The lowest BCUT2D eigenvalue weighted by atomic mass is 10.2. The lowest BCUT2D eigenvalue weighted by Crippen LogP contribution is -1.98. The normalized spacial score (nSPS) is 10.4. The van der Waals surface area contributed by atoms with Crippen molar-refractivity contribution in [2.45, 2.75) is 0 Å². The van der Waals surface area contributed by atoms with Gasteiger partial charge in [0.15, 0.2) is 5.82 Å². The summed E-state index contributed by atoms with van der Waals surface area (Å²) in [5, 5.41) is 14.7. The molecule has 1 aromatic heterocycles. The summed E-state index contributed by atoms with van der Waals surface area (Å²) in [7, 11) is 1.49. The number of hydrogen-bond donors (Lipinski definition) is 1. The fraction of sp³-hybridized carbons (Fsp3) is 0.0833. The Morgan fingerprint density at radius 3 is 2.95 bits per heavy atom. The fourth-order valence-electron chi connectivity index (χ4n) is 1.44. The standard InChI is InChI=1S/C12H11N5O3/c1-20-12-6-11(13-8-14-12)16-15-7-9-4-2-3-5-10(9)17(18)19/h2-8H,1H3,(H,13,14,16)/b15-7-. The number of nitrogens with one attached hydrogen (secondary N) is 1. The van der Waals surface area contributed by atoms with E-state index < -0.39 is 4.92 Å². The van der Waals surface area contributed by atoms with Gasteiger partial charge < -0.3 is 4.74 Å². The number of anilines is 1. The molecule has 0 aliphatic carbocycles. The van der Waals surface area contributed by atoms with E-state index in [2.05, 4.69) is 20.5 Å². The minimum Gasteiger partial charge on any atom is -0.481 e. The second-order valence-corrected chi connectivity index (χ2v) is 3.63. The van der Waals surface area contributed by atoms with Crippen molar-refractivity contribution in [3.8, 4) is 5.88 Å². The number of nitro benzene ring substituents is 1. The third-order valence-corrected chi connectivity index (χ3v) is 2.37. The predicted octanol–water partition coefficient (Wildman–Crippen LogP) is 1.84. The number of nitrogens with zero attached hydrogens (tertiary/aromatic N) is 4. The van der Waals surface area contributed by atoms with Crippen molar-refractivity contribution in [1.29, 1.82) is 0 Å². The van der Waals surface area contributed by atoms with E-state index >= 15 is 0 Å². The van der Waals surface area contributed by atoms with Crippen LogP contribution in [0.3, 0.4) is 0 Å². The second-order valence-electron chi connectivity index (χ2n) is 3.63. The average Bonchev–Trinajstić information content (AvgIpc) is 2.48. The molecule has 1 aromatic carbocycles. The molecule has 0 bridgehead atoms. The zero-order valence-electron chi connectivity index (χ0n) is 10.6. The maximum Gasteiger partial charge on any atom is 0.278 e. The van der Waals surface area contributed by atoms with Gasteiger partial charge in [-0.1, -0.05) is 12.1 Å². The van der Waals surface area contributed by atoms with Crippen LogP contribution in [0.5, 0.6) is 5.88 Å². The first-order chi connectivity index (χ1) is 9.70. The van der Waals surface area contributed by atoms with Crippen LogP contribution in [0.15, 0.2) is 41.8 Å². The van der Waals surface area contributed by atoms with Gasteiger partial charge in [-0.15, -0.1) is 0 Å². The maximum atomic E-state index is 10.8. The topological polar surface area (TPSA) is 103 Å². The number of nitro groups is 1. The van der Waals surface area contributed by atoms with Crippen molar-refractivity contribution in [2.75, 3.05) is 12.5 Å². The second kappa shape index (κ2) is 6.23. The van der Waals surface area contributed by atoms with Gasteiger partial charge in [0.2, 0.25) is 5.88 Å². The van der Waals surface area contributed by atoms with Gasteiger partial charge >= 0.3 is 0 Å². The van der Waals surface area contributed by atoms with Gasteiger partial charge in [0.1, 0.15) is 6.33 Å². The maximum absolute atomic E-state index is 10.8. The highest BCUT2D eigenvalue weighted by Gasteiger charge is 2.09. The zero-order valence-corrected chi connectivity index (χ0v) is 10.6. The average molecular weight is 273 g/mol. The number of benzene rings is 1. The smallest absolute Gasteiger partial charge is 0.278 e. The van der Waals surface area contributed by atoms with E-state index in [0.717, 1.165) is 0 Å². The Morgan fingerprint density at radius 1 is 1.40 bits per heavy atom. The first-order valence-corrected chi connectivity index (χ1v) is 5.59. The van der Waals surface area contributed by atoms with Crippen molar-refractivity contribution in [3.63, 3.8) is 0 Å². The molecule has 0 amide bonds. The number of hydrogen-bond acceptors (Lipinski definition) is 7. The molecule has 0 saturated heterocycles. The monoisotopic (exact) mass is 273 g/mol. The van der Waals surface area contributed by atoms with Gasteiger partial charge in [-0.05, 0) is 6.07 Å². The molecule has 0 aliphatic heterocycles. The van der Waals surface area contributed by atoms with E-state index in [4.69, 9.17) is 4.74 Å². The van der Waals surface area contributed by atoms with Crippen LogP contribution in [-0.4, -0.2) is 28.2 Å². The van der Waals surface area contributed by atoms with Crippen molar-refractivity contribution >= 4 is 17.7 Å². The number of hydrazone groups is 1. The van der Waals surface area contributed by atoms with Crippen molar-refractivity contribution in [1.82, 2.24) is 9.97 Å². The molecule has 8 heteroatoms. The van der Waals surface area contributed by atoms with E-state index in [1.165, 1.54) is 25.7 Å². The molecule has 8 nitrogen and oxygen atoms in total. The van der Waals surface area contributed by atoms with Crippen LogP contribution in [0, 0.1) is 10.1 Å². The summed E-state index contributed by atoms with van der Waals surface area (Å²) in [6, 6.07) is 7.86. The van der Waals surface area contributed by atoms with E-state index in [1.54, 1.807) is 24.3 Å². The van der Waals surface area contributed by atoms with Gasteiger partial charge in [0, 0.05) is 12.1 Å². The number of para-hydroxylation sites is 1. The van der Waals surface area contributed by atoms with Crippen molar-refractivity contribution in [2.24, 2.45) is 5.10 Å². The Balaban J connectivity index is 2.12. The summed E-state index contributed by atoms with van der Waals surface area (Å²) >= 11 is 0. The molecule has 2 aromatic rings. The number of rotatable bonds is 5. The van der Waals surface area contributed by atoms with Crippen molar-refractivity contribution < 1.29 is 9.66 Å². The third kappa shape index (κ3) is 3.25. The summed E-state index contributed by atoms with van der Waals surface area (Å²) in [6.07, 6.45) is 2.67. The highest BCUT2D eigenvalue weighted by molar-refractivity contribution is 5.85. The molecule has 20 heavy (non-hydrogen) atoms. The summed E-state index contributed by atoms with van der Waals surface area (Å²) in [5.41, 5.74) is 3.03. The molecular weight excluding hydrogens is 262 g/mol. The number of aromatic nitrogens is 2. The minimum atomic E-state index is -0.463.